The van der Waals surface area contributed by atoms with Crippen molar-refractivity contribution < 1.29 is 4.39 Å². The lowest BCUT2D eigenvalue weighted by Gasteiger charge is -2.35. The molecule has 4 atom stereocenters. The van der Waals surface area contributed by atoms with Gasteiger partial charge in [-0.25, -0.2) is 4.39 Å². The van der Waals surface area contributed by atoms with E-state index < -0.39 is 0 Å². The molecule has 0 spiro atoms. The third-order valence-electron chi connectivity index (χ3n) is 4.24. The van der Waals surface area contributed by atoms with E-state index in [0.717, 1.165) is 30.4 Å². The second-order valence-corrected chi connectivity index (χ2v) is 5.45. The normalized spacial score (nSPS) is 31.2. The van der Waals surface area contributed by atoms with Gasteiger partial charge in [0.15, 0.2) is 0 Å². The molecule has 2 N–H and O–H groups in total. The topological polar surface area (TPSA) is 38.9 Å². The van der Waals surface area contributed by atoms with Crippen molar-refractivity contribution in [3.63, 3.8) is 0 Å². The van der Waals surface area contributed by atoms with Gasteiger partial charge in [0, 0.05) is 6.04 Å². The van der Waals surface area contributed by atoms with Crippen molar-refractivity contribution in [2.24, 2.45) is 23.5 Å². The number of halogens is 1. The predicted molar refractivity (Wildman–Crippen MR) is 66.8 cm³/mol. The lowest BCUT2D eigenvalue weighted by atomic mass is 9.73. The van der Waals surface area contributed by atoms with Crippen LogP contribution in [-0.2, 0) is 0 Å². The molecule has 1 saturated carbocycles. The van der Waals surface area contributed by atoms with Gasteiger partial charge in [-0.15, -0.1) is 0 Å². The monoisotopic (exact) mass is 236 g/mol. The summed E-state index contributed by atoms with van der Waals surface area (Å²) in [6.07, 6.45) is 4.80. The summed E-state index contributed by atoms with van der Waals surface area (Å²) in [6, 6.07) is 3.10. The molecule has 1 heterocycles. The second kappa shape index (κ2) is 5.13. The van der Waals surface area contributed by atoms with Crippen LogP contribution in [0, 0.1) is 23.6 Å². The third-order valence-corrected chi connectivity index (χ3v) is 4.24. The smallest absolute Gasteiger partial charge is 0.141 e. The summed E-state index contributed by atoms with van der Waals surface area (Å²) in [5, 5.41) is 0. The van der Waals surface area contributed by atoms with Crippen LogP contribution in [0.3, 0.4) is 0 Å². The van der Waals surface area contributed by atoms with Crippen molar-refractivity contribution in [3.05, 3.63) is 29.8 Å². The molecule has 94 valence electrons. The minimum absolute atomic E-state index is 0.0504. The number of rotatable bonds is 2. The van der Waals surface area contributed by atoms with E-state index in [4.69, 9.17) is 5.73 Å². The molecular formula is C14H21FN2. The van der Waals surface area contributed by atoms with E-state index in [9.17, 15) is 4.39 Å². The van der Waals surface area contributed by atoms with Gasteiger partial charge in [-0.2, -0.15) is 0 Å². The zero-order valence-corrected chi connectivity index (χ0v) is 10.6. The molecule has 2 nitrogen and oxygen atoms in total. The second-order valence-electron chi connectivity index (χ2n) is 5.45. The lowest BCUT2D eigenvalue weighted by molar-refractivity contribution is 0.184. The van der Waals surface area contributed by atoms with E-state index in [1.54, 1.807) is 6.07 Å². The molecule has 1 fully saturated rings. The summed E-state index contributed by atoms with van der Waals surface area (Å²) in [7, 11) is 0. The largest absolute Gasteiger partial charge is 0.322 e. The number of nitrogens with two attached hydrogens (primary N) is 1. The Morgan fingerprint density at radius 1 is 1.29 bits per heavy atom. The van der Waals surface area contributed by atoms with Gasteiger partial charge in [-0.05, 0) is 42.7 Å². The molecule has 0 bridgehead atoms. The van der Waals surface area contributed by atoms with Gasteiger partial charge >= 0.3 is 0 Å². The molecular weight excluding hydrogens is 215 g/mol. The Morgan fingerprint density at radius 2 is 2.06 bits per heavy atom. The van der Waals surface area contributed by atoms with Crippen LogP contribution in [0.25, 0.3) is 0 Å². The van der Waals surface area contributed by atoms with E-state index in [1.807, 2.05) is 0 Å². The molecule has 2 rings (SSSR count). The Bertz CT molecular complexity index is 363. The minimum atomic E-state index is -0.299. The fraction of sp³-hybridized carbons (Fsp3) is 0.643. The first-order chi connectivity index (χ1) is 8.08. The fourth-order valence-corrected chi connectivity index (χ4v) is 2.74. The summed E-state index contributed by atoms with van der Waals surface area (Å²) < 4.78 is 12.8. The Hall–Kier alpha value is -0.960. The zero-order valence-electron chi connectivity index (χ0n) is 10.6. The molecule has 3 heteroatoms. The van der Waals surface area contributed by atoms with Gasteiger partial charge in [0.2, 0.25) is 0 Å². The Kier molecular flexibility index (Phi) is 3.77. The van der Waals surface area contributed by atoms with Gasteiger partial charge < -0.3 is 5.73 Å². The van der Waals surface area contributed by atoms with Gasteiger partial charge in [0.05, 0.1) is 11.9 Å². The average Bonchev–Trinajstić information content (AvgIpc) is 2.33. The van der Waals surface area contributed by atoms with E-state index in [-0.39, 0.29) is 11.9 Å². The molecule has 1 aromatic heterocycles. The first-order valence-electron chi connectivity index (χ1n) is 6.45. The standard InChI is InChI=1S/C14H21FN2/c1-9-3-4-11(7-10(9)2)14(16)13-6-5-12(15)8-17-13/h5-6,8-11,14H,3-4,7,16H2,1-2H3. The van der Waals surface area contributed by atoms with Crippen LogP contribution in [0.2, 0.25) is 0 Å². The van der Waals surface area contributed by atoms with Crippen LogP contribution in [0.1, 0.15) is 44.8 Å². The van der Waals surface area contributed by atoms with Gasteiger partial charge in [0.1, 0.15) is 5.82 Å². The molecule has 0 amide bonds. The third kappa shape index (κ3) is 2.83. The van der Waals surface area contributed by atoms with Crippen molar-refractivity contribution in [2.45, 2.75) is 39.2 Å². The lowest BCUT2D eigenvalue weighted by Crippen LogP contribution is -2.29. The first-order valence-corrected chi connectivity index (χ1v) is 6.45. The summed E-state index contributed by atoms with van der Waals surface area (Å²) in [6.45, 7) is 4.60. The quantitative estimate of drug-likeness (QED) is 0.855. The first kappa shape index (κ1) is 12.5. The average molecular weight is 236 g/mol. The highest BCUT2D eigenvalue weighted by Crippen LogP contribution is 2.38. The Labute approximate surface area is 102 Å². The fourth-order valence-electron chi connectivity index (χ4n) is 2.74. The SMILES string of the molecule is CC1CCC(C(N)c2ccc(F)cn2)CC1C. The van der Waals surface area contributed by atoms with E-state index in [1.165, 1.54) is 18.7 Å². The summed E-state index contributed by atoms with van der Waals surface area (Å²) >= 11 is 0. The molecule has 1 aromatic rings. The maximum atomic E-state index is 12.8. The molecule has 17 heavy (non-hydrogen) atoms. The van der Waals surface area contributed by atoms with Crippen molar-refractivity contribution >= 4 is 0 Å². The summed E-state index contributed by atoms with van der Waals surface area (Å²) in [5.74, 6) is 1.70. The van der Waals surface area contributed by atoms with Gasteiger partial charge in [-0.3, -0.25) is 4.98 Å². The molecule has 0 radical (unpaired) electrons. The molecule has 0 saturated heterocycles. The summed E-state index contributed by atoms with van der Waals surface area (Å²) in [4.78, 5) is 4.10. The van der Waals surface area contributed by atoms with Crippen molar-refractivity contribution in [2.75, 3.05) is 0 Å². The summed E-state index contributed by atoms with van der Waals surface area (Å²) in [5.41, 5.74) is 7.06. The number of aromatic nitrogens is 1. The van der Waals surface area contributed by atoms with Crippen LogP contribution < -0.4 is 5.73 Å². The predicted octanol–water partition coefficient (Wildman–Crippen LogP) is 3.29. The number of hydrogen-bond donors (Lipinski definition) is 1. The molecule has 4 unspecified atom stereocenters. The number of hydrogen-bond acceptors (Lipinski definition) is 2. The Morgan fingerprint density at radius 3 is 2.65 bits per heavy atom. The Balaban J connectivity index is 2.05. The molecule has 0 aliphatic heterocycles. The maximum absolute atomic E-state index is 12.8. The molecule has 1 aliphatic carbocycles. The zero-order chi connectivity index (χ0) is 12.4. The maximum Gasteiger partial charge on any atom is 0.141 e. The van der Waals surface area contributed by atoms with Crippen molar-refractivity contribution in [3.8, 4) is 0 Å². The number of pyridine rings is 1. The van der Waals surface area contributed by atoms with Crippen LogP contribution in [0.4, 0.5) is 4.39 Å². The number of nitrogens with zero attached hydrogens (tertiary/aromatic N) is 1. The van der Waals surface area contributed by atoms with Crippen LogP contribution in [0.15, 0.2) is 18.3 Å². The van der Waals surface area contributed by atoms with Crippen LogP contribution in [-0.4, -0.2) is 4.98 Å². The van der Waals surface area contributed by atoms with Gasteiger partial charge in [0.25, 0.3) is 0 Å². The van der Waals surface area contributed by atoms with Crippen LogP contribution >= 0.6 is 0 Å². The minimum Gasteiger partial charge on any atom is -0.322 e. The van der Waals surface area contributed by atoms with E-state index in [2.05, 4.69) is 18.8 Å². The van der Waals surface area contributed by atoms with E-state index in [0.29, 0.717) is 5.92 Å². The highest BCUT2D eigenvalue weighted by atomic mass is 19.1. The van der Waals surface area contributed by atoms with Crippen LogP contribution in [0.5, 0.6) is 0 Å². The van der Waals surface area contributed by atoms with Gasteiger partial charge in [-0.1, -0.05) is 20.3 Å². The molecule has 1 aliphatic rings. The van der Waals surface area contributed by atoms with Crippen molar-refractivity contribution in [1.82, 2.24) is 4.98 Å². The van der Waals surface area contributed by atoms with E-state index >= 15 is 0 Å². The van der Waals surface area contributed by atoms with Crippen molar-refractivity contribution in [1.29, 1.82) is 0 Å². The molecule has 0 aromatic carbocycles. The highest BCUT2D eigenvalue weighted by molar-refractivity contribution is 5.10. The highest BCUT2D eigenvalue weighted by Gasteiger charge is 2.29.